The van der Waals surface area contributed by atoms with E-state index in [0.29, 0.717) is 35.7 Å². The summed E-state index contributed by atoms with van der Waals surface area (Å²) in [6.45, 7) is 2.66. The lowest BCUT2D eigenvalue weighted by atomic mass is 10.1. The number of aliphatic imine (C=N–C) groups is 1. The van der Waals surface area contributed by atoms with Gasteiger partial charge in [-0.05, 0) is 31.0 Å². The van der Waals surface area contributed by atoms with Crippen molar-refractivity contribution in [3.8, 4) is 11.5 Å². The average molecular weight is 447 g/mol. The molecule has 0 saturated heterocycles. The first-order valence-electron chi connectivity index (χ1n) is 7.16. The van der Waals surface area contributed by atoms with Gasteiger partial charge in [0.2, 0.25) is 5.89 Å². The summed E-state index contributed by atoms with van der Waals surface area (Å²) >= 11 is 0. The lowest BCUT2D eigenvalue weighted by Crippen LogP contribution is -2.33. The van der Waals surface area contributed by atoms with Gasteiger partial charge in [0, 0.05) is 6.54 Å². The summed E-state index contributed by atoms with van der Waals surface area (Å²) in [5.41, 5.74) is 6.91. The first-order chi connectivity index (χ1) is 11.1. The van der Waals surface area contributed by atoms with Gasteiger partial charge in [0.1, 0.15) is 6.54 Å². The van der Waals surface area contributed by atoms with Gasteiger partial charge < -0.3 is 25.0 Å². The Morgan fingerprint density at radius 3 is 2.67 bits per heavy atom. The molecule has 8 nitrogen and oxygen atoms in total. The molecule has 0 fully saturated rings. The van der Waals surface area contributed by atoms with E-state index in [1.807, 2.05) is 18.2 Å². The maximum Gasteiger partial charge on any atom is 0.248 e. The number of rotatable bonds is 7. The Labute approximate surface area is 157 Å². The third-order valence-corrected chi connectivity index (χ3v) is 3.12. The van der Waals surface area contributed by atoms with Crippen molar-refractivity contribution in [3.63, 3.8) is 0 Å². The summed E-state index contributed by atoms with van der Waals surface area (Å²) in [6.07, 6.45) is 0.774. The van der Waals surface area contributed by atoms with Gasteiger partial charge in [-0.15, -0.1) is 24.0 Å². The van der Waals surface area contributed by atoms with E-state index in [1.54, 1.807) is 21.1 Å². The number of halogens is 1. The van der Waals surface area contributed by atoms with E-state index in [1.165, 1.54) is 0 Å². The normalized spacial score (nSPS) is 10.9. The Morgan fingerprint density at radius 2 is 2.04 bits per heavy atom. The molecule has 1 heterocycles. The number of ether oxygens (including phenoxy) is 2. The number of benzene rings is 1. The molecule has 0 spiro atoms. The predicted octanol–water partition coefficient (Wildman–Crippen LogP) is 1.66. The fraction of sp³-hybridized carbons (Fsp3) is 0.400. The SMILES string of the molecule is COc1ccc(CCNC(N)=NCc2nc(C)no2)cc1OC.I. The monoisotopic (exact) mass is 447 g/mol. The van der Waals surface area contributed by atoms with Crippen molar-refractivity contribution in [2.24, 2.45) is 10.7 Å². The number of aromatic nitrogens is 2. The molecule has 0 aliphatic carbocycles. The Kier molecular flexibility index (Phi) is 8.30. The summed E-state index contributed by atoms with van der Waals surface area (Å²) in [6, 6.07) is 5.80. The topological polar surface area (TPSA) is 108 Å². The van der Waals surface area contributed by atoms with Crippen LogP contribution >= 0.6 is 24.0 Å². The summed E-state index contributed by atoms with van der Waals surface area (Å²) in [5, 5.41) is 6.73. The second-order valence-corrected chi connectivity index (χ2v) is 4.80. The quantitative estimate of drug-likeness (QED) is 0.378. The Bertz CT molecular complexity index is 675. The standard InChI is InChI=1S/C15H21N5O3.HI/c1-10-19-14(23-20-10)9-18-15(16)17-7-6-11-4-5-12(21-2)13(8-11)22-3;/h4-5,8H,6-7,9H2,1-3H3,(H3,16,17,18);1H. The molecule has 3 N–H and O–H groups in total. The smallest absolute Gasteiger partial charge is 0.248 e. The van der Waals surface area contributed by atoms with E-state index in [2.05, 4.69) is 20.4 Å². The van der Waals surface area contributed by atoms with Crippen LogP contribution in [-0.4, -0.2) is 36.9 Å². The van der Waals surface area contributed by atoms with Gasteiger partial charge in [-0.3, -0.25) is 0 Å². The third-order valence-electron chi connectivity index (χ3n) is 3.12. The van der Waals surface area contributed by atoms with Crippen molar-refractivity contribution in [1.82, 2.24) is 15.5 Å². The molecule has 0 bridgehead atoms. The highest BCUT2D eigenvalue weighted by atomic mass is 127. The highest BCUT2D eigenvalue weighted by Crippen LogP contribution is 2.27. The zero-order valence-corrected chi connectivity index (χ0v) is 16.2. The molecule has 0 atom stereocenters. The molecule has 2 rings (SSSR count). The molecule has 0 aliphatic rings. The van der Waals surface area contributed by atoms with Crippen molar-refractivity contribution in [2.45, 2.75) is 19.9 Å². The van der Waals surface area contributed by atoms with Gasteiger partial charge in [0.15, 0.2) is 23.3 Å². The van der Waals surface area contributed by atoms with Crippen molar-refractivity contribution in [1.29, 1.82) is 0 Å². The number of nitrogens with two attached hydrogens (primary N) is 1. The van der Waals surface area contributed by atoms with E-state index in [0.717, 1.165) is 12.0 Å². The van der Waals surface area contributed by atoms with Crippen LogP contribution in [0.1, 0.15) is 17.3 Å². The second kappa shape index (κ2) is 9.96. The maximum absolute atomic E-state index is 5.80. The van der Waals surface area contributed by atoms with Crippen molar-refractivity contribution in [3.05, 3.63) is 35.5 Å². The number of guanidine groups is 1. The van der Waals surface area contributed by atoms with Crippen LogP contribution in [0, 0.1) is 6.92 Å². The molecule has 1 aromatic heterocycles. The van der Waals surface area contributed by atoms with Crippen LogP contribution in [0.4, 0.5) is 0 Å². The molecular weight excluding hydrogens is 425 g/mol. The van der Waals surface area contributed by atoms with Gasteiger partial charge in [-0.1, -0.05) is 11.2 Å². The molecule has 0 radical (unpaired) electrons. The predicted molar refractivity (Wildman–Crippen MR) is 101 cm³/mol. The number of hydrogen-bond donors (Lipinski definition) is 2. The zero-order valence-electron chi connectivity index (χ0n) is 13.9. The number of nitrogens with zero attached hydrogens (tertiary/aromatic N) is 3. The molecule has 0 aliphatic heterocycles. The van der Waals surface area contributed by atoms with Crippen molar-refractivity contribution < 1.29 is 14.0 Å². The van der Waals surface area contributed by atoms with Gasteiger partial charge in [-0.2, -0.15) is 4.98 Å². The van der Waals surface area contributed by atoms with Crippen LogP contribution in [0.25, 0.3) is 0 Å². The van der Waals surface area contributed by atoms with Crippen LogP contribution in [0.15, 0.2) is 27.7 Å². The summed E-state index contributed by atoms with van der Waals surface area (Å²) in [4.78, 5) is 8.19. The highest BCUT2D eigenvalue weighted by Gasteiger charge is 2.05. The van der Waals surface area contributed by atoms with Crippen LogP contribution in [0.2, 0.25) is 0 Å². The Morgan fingerprint density at radius 1 is 1.29 bits per heavy atom. The molecule has 132 valence electrons. The van der Waals surface area contributed by atoms with E-state index in [-0.39, 0.29) is 30.5 Å². The van der Waals surface area contributed by atoms with Crippen LogP contribution in [-0.2, 0) is 13.0 Å². The van der Waals surface area contributed by atoms with E-state index < -0.39 is 0 Å². The molecule has 24 heavy (non-hydrogen) atoms. The molecule has 0 unspecified atom stereocenters. The lowest BCUT2D eigenvalue weighted by Gasteiger charge is -2.10. The lowest BCUT2D eigenvalue weighted by molar-refractivity contribution is 0.354. The molecule has 2 aromatic rings. The number of methoxy groups -OCH3 is 2. The van der Waals surface area contributed by atoms with Crippen molar-refractivity contribution in [2.75, 3.05) is 20.8 Å². The minimum Gasteiger partial charge on any atom is -0.493 e. The minimum atomic E-state index is 0. The van der Waals surface area contributed by atoms with Crippen LogP contribution in [0.3, 0.4) is 0 Å². The molecular formula is C15H22IN5O3. The minimum absolute atomic E-state index is 0. The molecule has 1 aromatic carbocycles. The number of hydrogen-bond acceptors (Lipinski definition) is 6. The first-order valence-corrected chi connectivity index (χ1v) is 7.16. The fourth-order valence-corrected chi connectivity index (χ4v) is 1.98. The highest BCUT2D eigenvalue weighted by molar-refractivity contribution is 14.0. The molecule has 0 amide bonds. The fourth-order valence-electron chi connectivity index (χ4n) is 1.98. The zero-order chi connectivity index (χ0) is 16.7. The largest absolute Gasteiger partial charge is 0.493 e. The van der Waals surface area contributed by atoms with E-state index in [4.69, 9.17) is 19.7 Å². The molecule has 9 heteroatoms. The summed E-state index contributed by atoms with van der Waals surface area (Å²) < 4.78 is 15.4. The summed E-state index contributed by atoms with van der Waals surface area (Å²) in [5.74, 6) is 2.77. The molecule has 0 saturated carbocycles. The van der Waals surface area contributed by atoms with Crippen LogP contribution in [0.5, 0.6) is 11.5 Å². The second-order valence-electron chi connectivity index (χ2n) is 4.80. The average Bonchev–Trinajstić information content (AvgIpc) is 2.98. The van der Waals surface area contributed by atoms with Gasteiger partial charge >= 0.3 is 0 Å². The van der Waals surface area contributed by atoms with Gasteiger partial charge in [0.05, 0.1) is 14.2 Å². The number of aryl methyl sites for hydroxylation is 1. The Balaban J connectivity index is 0.00000288. The Hall–Kier alpha value is -2.04. The van der Waals surface area contributed by atoms with E-state index in [9.17, 15) is 0 Å². The first kappa shape index (κ1) is 20.0. The van der Waals surface area contributed by atoms with Gasteiger partial charge in [0.25, 0.3) is 0 Å². The number of nitrogens with one attached hydrogen (secondary N) is 1. The van der Waals surface area contributed by atoms with E-state index >= 15 is 0 Å². The van der Waals surface area contributed by atoms with Crippen molar-refractivity contribution >= 4 is 29.9 Å². The third kappa shape index (κ3) is 5.87. The maximum atomic E-state index is 5.80. The van der Waals surface area contributed by atoms with Gasteiger partial charge in [-0.25, -0.2) is 4.99 Å². The summed E-state index contributed by atoms with van der Waals surface area (Å²) in [7, 11) is 3.23. The van der Waals surface area contributed by atoms with Crippen LogP contribution < -0.4 is 20.5 Å².